The number of unbranched alkanes of at least 4 members (excludes halogenated alkanes) is 2. The van der Waals surface area contributed by atoms with E-state index in [9.17, 15) is 0 Å². The van der Waals surface area contributed by atoms with E-state index in [2.05, 4.69) is 62.4 Å². The van der Waals surface area contributed by atoms with Crippen LogP contribution in [0.3, 0.4) is 0 Å². The lowest BCUT2D eigenvalue weighted by Crippen LogP contribution is -2.31. The van der Waals surface area contributed by atoms with Crippen LogP contribution in [0.15, 0.2) is 24.3 Å². The highest BCUT2D eigenvalue weighted by Crippen LogP contribution is 2.15. The molecular weight excluding hydrogens is 232 g/mol. The Labute approximate surface area is 119 Å². The van der Waals surface area contributed by atoms with Crippen molar-refractivity contribution in [2.75, 3.05) is 27.2 Å². The number of rotatable bonds is 9. The van der Waals surface area contributed by atoms with Gasteiger partial charge < -0.3 is 10.2 Å². The SMILES string of the molecule is CCCCCN(C)CC(NC)c1ccc(CC)cc1. The summed E-state index contributed by atoms with van der Waals surface area (Å²) < 4.78 is 0. The van der Waals surface area contributed by atoms with Crippen LogP contribution in [0.5, 0.6) is 0 Å². The summed E-state index contributed by atoms with van der Waals surface area (Å²) in [4.78, 5) is 2.44. The Hall–Kier alpha value is -0.860. The Morgan fingerprint density at radius 2 is 1.79 bits per heavy atom. The molecule has 0 aromatic heterocycles. The van der Waals surface area contributed by atoms with E-state index in [4.69, 9.17) is 0 Å². The van der Waals surface area contributed by atoms with E-state index in [0.717, 1.165) is 13.0 Å². The summed E-state index contributed by atoms with van der Waals surface area (Å²) in [7, 11) is 4.28. The molecule has 0 bridgehead atoms. The Kier molecular flexibility index (Phi) is 7.76. The minimum Gasteiger partial charge on any atom is -0.312 e. The van der Waals surface area contributed by atoms with Crippen molar-refractivity contribution in [1.29, 1.82) is 0 Å². The molecule has 108 valence electrons. The molecule has 19 heavy (non-hydrogen) atoms. The summed E-state index contributed by atoms with van der Waals surface area (Å²) in [6, 6.07) is 9.45. The maximum atomic E-state index is 3.44. The molecule has 0 aliphatic rings. The molecule has 1 N–H and O–H groups in total. The minimum absolute atomic E-state index is 0.428. The van der Waals surface area contributed by atoms with E-state index in [1.807, 2.05) is 0 Å². The number of nitrogens with zero attached hydrogens (tertiary/aromatic N) is 1. The fourth-order valence-corrected chi connectivity index (χ4v) is 2.38. The van der Waals surface area contributed by atoms with Gasteiger partial charge in [0.05, 0.1) is 0 Å². The van der Waals surface area contributed by atoms with Crippen LogP contribution in [0.1, 0.15) is 50.3 Å². The van der Waals surface area contributed by atoms with Gasteiger partial charge in [0, 0.05) is 12.6 Å². The van der Waals surface area contributed by atoms with E-state index in [0.29, 0.717) is 6.04 Å². The zero-order valence-corrected chi connectivity index (χ0v) is 13.1. The number of hydrogen-bond acceptors (Lipinski definition) is 2. The molecule has 2 nitrogen and oxygen atoms in total. The summed E-state index contributed by atoms with van der Waals surface area (Å²) in [5.74, 6) is 0. The first-order valence-corrected chi connectivity index (χ1v) is 7.65. The maximum absolute atomic E-state index is 3.44. The number of aryl methyl sites for hydroxylation is 1. The molecule has 0 saturated carbocycles. The van der Waals surface area contributed by atoms with E-state index < -0.39 is 0 Å². The van der Waals surface area contributed by atoms with Gasteiger partial charge in [0.25, 0.3) is 0 Å². The van der Waals surface area contributed by atoms with Gasteiger partial charge in [-0.15, -0.1) is 0 Å². The first-order valence-electron chi connectivity index (χ1n) is 7.65. The Balaban J connectivity index is 2.51. The Bertz CT molecular complexity index is 332. The molecule has 0 aliphatic carbocycles. The third kappa shape index (κ3) is 5.75. The molecule has 2 heteroatoms. The molecule has 1 rings (SSSR count). The van der Waals surface area contributed by atoms with Crippen molar-refractivity contribution in [3.8, 4) is 0 Å². The second-order valence-corrected chi connectivity index (χ2v) is 5.41. The predicted octanol–water partition coefficient (Wildman–Crippen LogP) is 3.63. The second-order valence-electron chi connectivity index (χ2n) is 5.41. The summed E-state index contributed by atoms with van der Waals surface area (Å²) in [6.45, 7) is 6.72. The van der Waals surface area contributed by atoms with Gasteiger partial charge in [-0.1, -0.05) is 51.0 Å². The van der Waals surface area contributed by atoms with Crippen LogP contribution < -0.4 is 5.32 Å². The van der Waals surface area contributed by atoms with Crippen LogP contribution in [-0.2, 0) is 6.42 Å². The summed E-state index contributed by atoms with van der Waals surface area (Å²) >= 11 is 0. The van der Waals surface area contributed by atoms with Gasteiger partial charge in [-0.05, 0) is 44.6 Å². The average Bonchev–Trinajstić information content (AvgIpc) is 2.45. The third-order valence-electron chi connectivity index (χ3n) is 3.78. The van der Waals surface area contributed by atoms with Gasteiger partial charge in [0.1, 0.15) is 0 Å². The predicted molar refractivity (Wildman–Crippen MR) is 84.6 cm³/mol. The van der Waals surface area contributed by atoms with E-state index in [1.54, 1.807) is 0 Å². The van der Waals surface area contributed by atoms with Crippen LogP contribution in [0.2, 0.25) is 0 Å². The highest BCUT2D eigenvalue weighted by atomic mass is 15.1. The smallest absolute Gasteiger partial charge is 0.0446 e. The molecule has 1 aromatic carbocycles. The lowest BCUT2D eigenvalue weighted by Gasteiger charge is -2.24. The molecule has 1 aromatic rings. The van der Waals surface area contributed by atoms with E-state index >= 15 is 0 Å². The molecule has 0 spiro atoms. The van der Waals surface area contributed by atoms with Gasteiger partial charge in [-0.3, -0.25) is 0 Å². The zero-order valence-electron chi connectivity index (χ0n) is 13.1. The molecule has 0 aliphatic heterocycles. The monoisotopic (exact) mass is 262 g/mol. The van der Waals surface area contributed by atoms with E-state index in [-0.39, 0.29) is 0 Å². The van der Waals surface area contributed by atoms with Crippen molar-refractivity contribution in [1.82, 2.24) is 10.2 Å². The molecule has 0 amide bonds. The largest absolute Gasteiger partial charge is 0.312 e. The molecule has 1 atom stereocenters. The summed E-state index contributed by atoms with van der Waals surface area (Å²) in [5, 5.41) is 3.44. The van der Waals surface area contributed by atoms with Gasteiger partial charge in [0.15, 0.2) is 0 Å². The van der Waals surface area contributed by atoms with Gasteiger partial charge in [-0.2, -0.15) is 0 Å². The van der Waals surface area contributed by atoms with Crippen molar-refractivity contribution in [3.05, 3.63) is 35.4 Å². The normalized spacial score (nSPS) is 12.9. The molecule has 0 fully saturated rings. The van der Waals surface area contributed by atoms with Crippen molar-refractivity contribution >= 4 is 0 Å². The van der Waals surface area contributed by atoms with Crippen LogP contribution >= 0.6 is 0 Å². The number of likely N-dealkylation sites (N-methyl/N-ethyl adjacent to an activating group) is 2. The van der Waals surface area contributed by atoms with Crippen molar-refractivity contribution in [2.45, 2.75) is 45.6 Å². The van der Waals surface area contributed by atoms with Gasteiger partial charge >= 0.3 is 0 Å². The molecule has 1 unspecified atom stereocenters. The molecule has 0 radical (unpaired) electrons. The fraction of sp³-hybridized carbons (Fsp3) is 0.647. The third-order valence-corrected chi connectivity index (χ3v) is 3.78. The molecular formula is C17H30N2. The van der Waals surface area contributed by atoms with Crippen LogP contribution in [-0.4, -0.2) is 32.1 Å². The van der Waals surface area contributed by atoms with Crippen molar-refractivity contribution < 1.29 is 0 Å². The quantitative estimate of drug-likeness (QED) is 0.684. The maximum Gasteiger partial charge on any atom is 0.0446 e. The fourth-order valence-electron chi connectivity index (χ4n) is 2.38. The molecule has 0 saturated heterocycles. The van der Waals surface area contributed by atoms with Gasteiger partial charge in [0.2, 0.25) is 0 Å². The zero-order chi connectivity index (χ0) is 14.1. The number of hydrogen-bond donors (Lipinski definition) is 1. The first-order chi connectivity index (χ1) is 9.21. The Morgan fingerprint density at radius 1 is 1.11 bits per heavy atom. The number of benzene rings is 1. The summed E-state index contributed by atoms with van der Waals surface area (Å²) in [6.07, 6.45) is 5.04. The van der Waals surface area contributed by atoms with Crippen molar-refractivity contribution in [2.24, 2.45) is 0 Å². The Morgan fingerprint density at radius 3 is 2.32 bits per heavy atom. The molecule has 0 heterocycles. The van der Waals surface area contributed by atoms with Gasteiger partial charge in [-0.25, -0.2) is 0 Å². The standard InChI is InChI=1S/C17H30N2/c1-5-7-8-13-19(4)14-17(18-3)16-11-9-15(6-2)10-12-16/h9-12,17-18H,5-8,13-14H2,1-4H3. The summed E-state index contributed by atoms with van der Waals surface area (Å²) in [5.41, 5.74) is 2.80. The number of nitrogens with one attached hydrogen (secondary N) is 1. The van der Waals surface area contributed by atoms with E-state index in [1.165, 1.54) is 36.9 Å². The minimum atomic E-state index is 0.428. The second kappa shape index (κ2) is 9.11. The lowest BCUT2D eigenvalue weighted by molar-refractivity contribution is 0.290. The van der Waals surface area contributed by atoms with Crippen LogP contribution in [0, 0.1) is 0 Å². The topological polar surface area (TPSA) is 15.3 Å². The van der Waals surface area contributed by atoms with Crippen LogP contribution in [0.25, 0.3) is 0 Å². The highest BCUT2D eigenvalue weighted by molar-refractivity contribution is 5.25. The lowest BCUT2D eigenvalue weighted by atomic mass is 10.0. The first kappa shape index (κ1) is 16.2. The van der Waals surface area contributed by atoms with Crippen LogP contribution in [0.4, 0.5) is 0 Å². The van der Waals surface area contributed by atoms with Crippen molar-refractivity contribution in [3.63, 3.8) is 0 Å². The highest BCUT2D eigenvalue weighted by Gasteiger charge is 2.11. The average molecular weight is 262 g/mol.